The van der Waals surface area contributed by atoms with Crippen molar-refractivity contribution >= 4 is 0 Å². The Hall–Kier alpha value is -1.36. The van der Waals surface area contributed by atoms with Gasteiger partial charge in [-0.25, -0.2) is 5.26 Å². The Morgan fingerprint density at radius 3 is 2.00 bits per heavy atom. The first-order valence-electron chi connectivity index (χ1n) is 2.02. The van der Waals surface area contributed by atoms with Gasteiger partial charge in [-0.05, 0) is 0 Å². The molecule has 5 nitrogen and oxygen atoms in total. The molecule has 0 unspecified atom stereocenters. The second-order valence-electron chi connectivity index (χ2n) is 1.43. The highest BCUT2D eigenvalue weighted by Crippen LogP contribution is 2.15. The van der Waals surface area contributed by atoms with Crippen LogP contribution < -0.4 is 15.7 Å². The standard InChI is InChI=1S/C4H2O5/c5-1-2(6)4(9-8)3(1)7/h6,8H. The quantitative estimate of drug-likeness (QED) is 0.284. The van der Waals surface area contributed by atoms with E-state index in [2.05, 4.69) is 4.89 Å². The molecule has 9 heavy (non-hydrogen) atoms. The predicted molar refractivity (Wildman–Crippen MR) is 26.3 cm³/mol. The van der Waals surface area contributed by atoms with Crippen LogP contribution in [0.4, 0.5) is 0 Å². The van der Waals surface area contributed by atoms with Gasteiger partial charge in [-0.15, -0.1) is 0 Å². The van der Waals surface area contributed by atoms with Crippen LogP contribution >= 0.6 is 0 Å². The summed E-state index contributed by atoms with van der Waals surface area (Å²) in [6, 6.07) is 0. The average Bonchev–Trinajstić information content (AvgIpc) is 1.89. The van der Waals surface area contributed by atoms with Gasteiger partial charge in [0, 0.05) is 0 Å². The highest BCUT2D eigenvalue weighted by molar-refractivity contribution is 5.43. The largest absolute Gasteiger partial charge is 0.501 e. The second kappa shape index (κ2) is 1.56. The van der Waals surface area contributed by atoms with Crippen molar-refractivity contribution in [2.75, 3.05) is 0 Å². The van der Waals surface area contributed by atoms with Gasteiger partial charge in [-0.1, -0.05) is 0 Å². The van der Waals surface area contributed by atoms with E-state index in [9.17, 15) is 9.59 Å². The number of rotatable bonds is 1. The van der Waals surface area contributed by atoms with Gasteiger partial charge in [-0.2, -0.15) is 0 Å². The molecule has 2 N–H and O–H groups in total. The zero-order valence-corrected chi connectivity index (χ0v) is 4.12. The van der Waals surface area contributed by atoms with E-state index in [1.165, 1.54) is 0 Å². The van der Waals surface area contributed by atoms with Gasteiger partial charge in [0.05, 0.1) is 0 Å². The van der Waals surface area contributed by atoms with Crippen LogP contribution in [0.1, 0.15) is 0 Å². The summed E-state index contributed by atoms with van der Waals surface area (Å²) >= 11 is 0. The molecule has 5 heteroatoms. The summed E-state index contributed by atoms with van der Waals surface area (Å²) in [6.45, 7) is 0. The molecule has 0 aliphatic rings. The molecule has 0 saturated heterocycles. The molecule has 0 fully saturated rings. The van der Waals surface area contributed by atoms with Gasteiger partial charge in [0.1, 0.15) is 0 Å². The highest BCUT2D eigenvalue weighted by atomic mass is 17.1. The van der Waals surface area contributed by atoms with Crippen molar-refractivity contribution in [3.63, 3.8) is 0 Å². The normalized spacial score (nSPS) is 9.89. The van der Waals surface area contributed by atoms with E-state index in [1.807, 2.05) is 0 Å². The molecule has 0 radical (unpaired) electrons. The van der Waals surface area contributed by atoms with Gasteiger partial charge >= 0.3 is 0 Å². The number of hydrogen-bond donors (Lipinski definition) is 2. The van der Waals surface area contributed by atoms with E-state index in [0.717, 1.165) is 0 Å². The van der Waals surface area contributed by atoms with Crippen LogP contribution in [0.3, 0.4) is 0 Å². The smallest absolute Gasteiger partial charge is 0.279 e. The van der Waals surface area contributed by atoms with Gasteiger partial charge in [0.25, 0.3) is 16.6 Å². The third-order valence-electron chi connectivity index (χ3n) is 0.934. The van der Waals surface area contributed by atoms with Crippen LogP contribution in [-0.2, 0) is 0 Å². The van der Waals surface area contributed by atoms with Crippen LogP contribution in [0, 0.1) is 0 Å². The monoisotopic (exact) mass is 130 g/mol. The molecule has 0 aliphatic carbocycles. The minimum Gasteiger partial charge on any atom is -0.501 e. The van der Waals surface area contributed by atoms with Crippen molar-refractivity contribution in [2.24, 2.45) is 0 Å². The van der Waals surface area contributed by atoms with Crippen LogP contribution in [0.5, 0.6) is 11.5 Å². The summed E-state index contributed by atoms with van der Waals surface area (Å²) in [5.74, 6) is -1.50. The average molecular weight is 130 g/mol. The van der Waals surface area contributed by atoms with Crippen molar-refractivity contribution in [1.82, 2.24) is 0 Å². The summed E-state index contributed by atoms with van der Waals surface area (Å²) in [7, 11) is 0. The van der Waals surface area contributed by atoms with Crippen molar-refractivity contribution < 1.29 is 15.3 Å². The van der Waals surface area contributed by atoms with Gasteiger partial charge in [-0.3, -0.25) is 9.59 Å². The number of aromatic hydroxyl groups is 1. The van der Waals surface area contributed by atoms with Crippen molar-refractivity contribution in [1.29, 1.82) is 0 Å². The van der Waals surface area contributed by atoms with E-state index in [1.54, 1.807) is 0 Å². The molecule has 1 aromatic rings. The molecule has 0 heterocycles. The van der Waals surface area contributed by atoms with Gasteiger partial charge in [0.15, 0.2) is 0 Å². The van der Waals surface area contributed by atoms with E-state index < -0.39 is 22.4 Å². The topological polar surface area (TPSA) is 83.8 Å². The molecular formula is C4H2O5. The van der Waals surface area contributed by atoms with Crippen molar-refractivity contribution in [2.45, 2.75) is 0 Å². The highest BCUT2D eigenvalue weighted by Gasteiger charge is 2.21. The van der Waals surface area contributed by atoms with Crippen LogP contribution in [-0.4, -0.2) is 10.4 Å². The maximum Gasteiger partial charge on any atom is 0.279 e. The second-order valence-corrected chi connectivity index (χ2v) is 1.43. The Morgan fingerprint density at radius 2 is 1.78 bits per heavy atom. The minimum absolute atomic E-state index is 0.681. The molecule has 0 aliphatic heterocycles. The molecular weight excluding hydrogens is 128 g/mol. The zero-order valence-electron chi connectivity index (χ0n) is 4.12. The molecule has 48 valence electrons. The van der Waals surface area contributed by atoms with E-state index in [-0.39, 0.29) is 0 Å². The van der Waals surface area contributed by atoms with Gasteiger partial charge in [0.2, 0.25) is 5.75 Å². The van der Waals surface area contributed by atoms with Crippen molar-refractivity contribution in [3.8, 4) is 11.5 Å². The predicted octanol–water partition coefficient (Wildman–Crippen LogP) is -1.16. The molecule has 0 spiro atoms. The fraction of sp³-hybridized carbons (Fsp3) is 0. The first-order valence-corrected chi connectivity index (χ1v) is 2.02. The Bertz CT molecular complexity index is 292. The lowest BCUT2D eigenvalue weighted by atomic mass is 10.2. The lowest BCUT2D eigenvalue weighted by molar-refractivity contribution is -0.141. The maximum absolute atomic E-state index is 10.2. The van der Waals surface area contributed by atoms with E-state index >= 15 is 0 Å². The molecule has 1 aromatic carbocycles. The fourth-order valence-corrected chi connectivity index (χ4v) is 0.443. The summed E-state index contributed by atoms with van der Waals surface area (Å²) in [5.41, 5.74) is -2.03. The van der Waals surface area contributed by atoms with E-state index in [0.29, 0.717) is 0 Å². The molecule has 0 atom stereocenters. The first kappa shape index (κ1) is 5.77. The van der Waals surface area contributed by atoms with Gasteiger partial charge < -0.3 is 9.99 Å². The lowest BCUT2D eigenvalue weighted by Gasteiger charge is -1.97. The molecule has 0 amide bonds. The van der Waals surface area contributed by atoms with Crippen LogP contribution in [0.2, 0.25) is 0 Å². The summed E-state index contributed by atoms with van der Waals surface area (Å²) in [5, 5.41) is 16.1. The Balaban J connectivity index is 3.25. The molecule has 1 rings (SSSR count). The third-order valence-corrected chi connectivity index (χ3v) is 0.934. The fourth-order valence-electron chi connectivity index (χ4n) is 0.443. The Kier molecular flexibility index (Phi) is 1.000. The first-order chi connectivity index (χ1) is 4.18. The van der Waals surface area contributed by atoms with Crippen LogP contribution in [0.25, 0.3) is 0 Å². The van der Waals surface area contributed by atoms with E-state index in [4.69, 9.17) is 10.4 Å². The molecule has 0 aromatic heterocycles. The third kappa shape index (κ3) is 0.516. The van der Waals surface area contributed by atoms with Crippen molar-refractivity contribution in [3.05, 3.63) is 20.4 Å². The summed E-state index contributed by atoms with van der Waals surface area (Å²) < 4.78 is 0. The Labute approximate surface area is 48.4 Å². The number of hydrogen-bond acceptors (Lipinski definition) is 5. The Morgan fingerprint density at radius 1 is 1.22 bits per heavy atom. The van der Waals surface area contributed by atoms with Crippen LogP contribution in [0.15, 0.2) is 9.59 Å². The zero-order chi connectivity index (χ0) is 7.02. The summed E-state index contributed by atoms with van der Waals surface area (Å²) in [4.78, 5) is 23.6. The molecule has 0 saturated carbocycles. The maximum atomic E-state index is 10.2. The SMILES string of the molecule is O=c1c(O)c(OO)c1=O. The molecule has 0 bridgehead atoms. The summed E-state index contributed by atoms with van der Waals surface area (Å²) in [6.07, 6.45) is 0. The minimum atomic E-state index is -1.03. The lowest BCUT2D eigenvalue weighted by Crippen LogP contribution is -2.30.